The Morgan fingerprint density at radius 2 is 2.40 bits per heavy atom. The maximum atomic E-state index is 10.5. The summed E-state index contributed by atoms with van der Waals surface area (Å²) in [6.45, 7) is 0. The molecule has 0 atom stereocenters. The molecule has 10 heavy (non-hydrogen) atoms. The van der Waals surface area contributed by atoms with Gasteiger partial charge in [-0.15, -0.1) is 5.10 Å². The molecule has 0 radical (unpaired) electrons. The molecule has 0 aliphatic heterocycles. The first-order chi connectivity index (χ1) is 4.72. The van der Waals surface area contributed by atoms with Crippen LogP contribution in [0.15, 0.2) is 12.3 Å². The van der Waals surface area contributed by atoms with Crippen molar-refractivity contribution in [2.24, 2.45) is 5.73 Å². The molecular weight excluding hydrogens is 245 g/mol. The van der Waals surface area contributed by atoms with Gasteiger partial charge in [-0.2, -0.15) is 5.10 Å². The molecule has 0 spiro atoms. The third-order valence-corrected chi connectivity index (χ3v) is 1.78. The highest BCUT2D eigenvalue weighted by atomic mass is 127. The fourth-order valence-electron chi connectivity index (χ4n) is 0.484. The minimum Gasteiger partial charge on any atom is -0.364 e. The molecule has 0 aliphatic rings. The molecule has 5 heteroatoms. The van der Waals surface area contributed by atoms with Crippen molar-refractivity contribution in [1.29, 1.82) is 0 Å². The summed E-state index contributed by atoms with van der Waals surface area (Å²) in [5.41, 5.74) is 5.19. The van der Waals surface area contributed by atoms with Gasteiger partial charge in [0.2, 0.25) is 0 Å². The lowest BCUT2D eigenvalue weighted by Gasteiger charge is -1.93. The molecule has 0 bridgehead atoms. The van der Waals surface area contributed by atoms with Gasteiger partial charge in [0.25, 0.3) is 5.91 Å². The monoisotopic (exact) mass is 249 g/mol. The average molecular weight is 249 g/mol. The van der Waals surface area contributed by atoms with Crippen LogP contribution in [-0.4, -0.2) is 16.1 Å². The van der Waals surface area contributed by atoms with E-state index in [0.29, 0.717) is 0 Å². The highest BCUT2D eigenvalue weighted by molar-refractivity contribution is 14.1. The molecule has 0 unspecified atom stereocenters. The molecule has 4 nitrogen and oxygen atoms in total. The molecule has 0 aromatic carbocycles. The predicted molar refractivity (Wildman–Crippen MR) is 43.3 cm³/mol. The first-order valence-corrected chi connectivity index (χ1v) is 3.56. The predicted octanol–water partition coefficient (Wildman–Crippen LogP) is 0.180. The van der Waals surface area contributed by atoms with Crippen LogP contribution in [0.5, 0.6) is 0 Å². The molecule has 0 fully saturated rings. The van der Waals surface area contributed by atoms with Gasteiger partial charge in [-0.1, -0.05) is 0 Å². The fourth-order valence-corrected chi connectivity index (χ4v) is 1.02. The summed E-state index contributed by atoms with van der Waals surface area (Å²) in [5, 5.41) is 7.06. The summed E-state index contributed by atoms with van der Waals surface area (Å²) in [5.74, 6) is -0.544. The Bertz CT molecular complexity index is 263. The van der Waals surface area contributed by atoms with E-state index in [2.05, 4.69) is 10.2 Å². The Hall–Kier alpha value is -0.720. The van der Waals surface area contributed by atoms with E-state index in [1.807, 2.05) is 22.6 Å². The zero-order valence-electron chi connectivity index (χ0n) is 4.91. The number of halogens is 1. The zero-order chi connectivity index (χ0) is 7.56. The van der Waals surface area contributed by atoms with Crippen LogP contribution in [0.1, 0.15) is 10.5 Å². The summed E-state index contributed by atoms with van der Waals surface area (Å²) in [4.78, 5) is 10.5. The van der Waals surface area contributed by atoms with Crippen molar-refractivity contribution in [2.75, 3.05) is 0 Å². The normalized spacial score (nSPS) is 9.30. The molecule has 1 aromatic rings. The summed E-state index contributed by atoms with van der Waals surface area (Å²) in [6.07, 6.45) is 1.51. The molecule has 0 saturated heterocycles. The van der Waals surface area contributed by atoms with Crippen LogP contribution in [-0.2, 0) is 0 Å². The van der Waals surface area contributed by atoms with Crippen LogP contribution in [0.2, 0.25) is 0 Å². The Balaban J connectivity index is 3.15. The van der Waals surface area contributed by atoms with Crippen LogP contribution < -0.4 is 5.73 Å². The minimum absolute atomic E-state index is 0.225. The van der Waals surface area contributed by atoms with Crippen LogP contribution in [0.3, 0.4) is 0 Å². The van der Waals surface area contributed by atoms with Gasteiger partial charge in [-0.25, -0.2) is 0 Å². The summed E-state index contributed by atoms with van der Waals surface area (Å²) in [6, 6.07) is 1.67. The number of amides is 1. The third-order valence-electron chi connectivity index (χ3n) is 0.905. The molecule has 52 valence electrons. The molecule has 1 aromatic heterocycles. The van der Waals surface area contributed by atoms with Crippen molar-refractivity contribution in [3.63, 3.8) is 0 Å². The first-order valence-electron chi connectivity index (χ1n) is 2.49. The van der Waals surface area contributed by atoms with Crippen molar-refractivity contribution < 1.29 is 4.79 Å². The fraction of sp³-hybridized carbons (Fsp3) is 0. The number of hydrogen-bond acceptors (Lipinski definition) is 3. The molecule has 2 N–H and O–H groups in total. The smallest absolute Gasteiger partial charge is 0.270 e. The van der Waals surface area contributed by atoms with E-state index in [1.165, 1.54) is 6.20 Å². The van der Waals surface area contributed by atoms with Gasteiger partial charge in [0.15, 0.2) is 5.69 Å². The Kier molecular flexibility index (Phi) is 2.15. The van der Waals surface area contributed by atoms with Gasteiger partial charge in [-0.05, 0) is 28.7 Å². The highest BCUT2D eigenvalue weighted by Crippen LogP contribution is 2.05. The number of carbonyl (C=O) groups is 1. The SMILES string of the molecule is NC(=O)c1nnccc1I. The van der Waals surface area contributed by atoms with E-state index >= 15 is 0 Å². The van der Waals surface area contributed by atoms with Gasteiger partial charge in [0, 0.05) is 3.57 Å². The molecule has 0 saturated carbocycles. The van der Waals surface area contributed by atoms with E-state index in [1.54, 1.807) is 6.07 Å². The van der Waals surface area contributed by atoms with Crippen molar-refractivity contribution in [3.8, 4) is 0 Å². The molecule has 0 aliphatic carbocycles. The van der Waals surface area contributed by atoms with Gasteiger partial charge < -0.3 is 5.73 Å². The van der Waals surface area contributed by atoms with E-state index in [0.717, 1.165) is 3.57 Å². The topological polar surface area (TPSA) is 68.9 Å². The lowest BCUT2D eigenvalue weighted by molar-refractivity contribution is 0.0993. The summed E-state index contributed by atoms with van der Waals surface area (Å²) in [7, 11) is 0. The Morgan fingerprint density at radius 3 is 2.80 bits per heavy atom. The standard InChI is InChI=1S/C5H4IN3O/c6-3-1-2-8-9-4(3)5(7)10/h1-2H,(H2,7,10). The second-order valence-corrected chi connectivity index (χ2v) is 2.75. The van der Waals surface area contributed by atoms with Crippen molar-refractivity contribution >= 4 is 28.5 Å². The Morgan fingerprint density at radius 1 is 1.70 bits per heavy atom. The number of hydrogen-bond donors (Lipinski definition) is 1. The maximum Gasteiger partial charge on any atom is 0.270 e. The molecule has 1 rings (SSSR count). The number of nitrogens with zero attached hydrogens (tertiary/aromatic N) is 2. The third kappa shape index (κ3) is 1.41. The van der Waals surface area contributed by atoms with Gasteiger partial charge in [-0.3, -0.25) is 4.79 Å². The lowest BCUT2D eigenvalue weighted by atomic mass is 10.4. The number of primary amides is 1. The van der Waals surface area contributed by atoms with Crippen LogP contribution in [0.25, 0.3) is 0 Å². The minimum atomic E-state index is -0.544. The van der Waals surface area contributed by atoms with Crippen molar-refractivity contribution in [2.45, 2.75) is 0 Å². The van der Waals surface area contributed by atoms with E-state index in [9.17, 15) is 4.79 Å². The second kappa shape index (κ2) is 2.91. The van der Waals surface area contributed by atoms with Crippen LogP contribution in [0.4, 0.5) is 0 Å². The average Bonchev–Trinajstić information content (AvgIpc) is 1.88. The number of aromatic nitrogens is 2. The van der Waals surface area contributed by atoms with Crippen LogP contribution >= 0.6 is 22.6 Å². The number of carbonyl (C=O) groups excluding carboxylic acids is 1. The van der Waals surface area contributed by atoms with E-state index < -0.39 is 5.91 Å². The first kappa shape index (κ1) is 7.39. The lowest BCUT2D eigenvalue weighted by Crippen LogP contribution is -2.15. The number of nitrogens with two attached hydrogens (primary N) is 1. The van der Waals surface area contributed by atoms with Gasteiger partial charge in [0.05, 0.1) is 6.20 Å². The highest BCUT2D eigenvalue weighted by Gasteiger charge is 2.05. The van der Waals surface area contributed by atoms with E-state index in [4.69, 9.17) is 5.73 Å². The van der Waals surface area contributed by atoms with Crippen LogP contribution in [0, 0.1) is 3.57 Å². The largest absolute Gasteiger partial charge is 0.364 e. The quantitative estimate of drug-likeness (QED) is 0.722. The molecule has 1 amide bonds. The second-order valence-electron chi connectivity index (χ2n) is 1.59. The van der Waals surface area contributed by atoms with E-state index in [-0.39, 0.29) is 5.69 Å². The summed E-state index contributed by atoms with van der Waals surface area (Å²) < 4.78 is 0.722. The van der Waals surface area contributed by atoms with Crippen molar-refractivity contribution in [1.82, 2.24) is 10.2 Å². The maximum absolute atomic E-state index is 10.5. The van der Waals surface area contributed by atoms with Crippen molar-refractivity contribution in [3.05, 3.63) is 21.5 Å². The Labute approximate surface area is 71.0 Å². The number of rotatable bonds is 1. The molecule has 1 heterocycles. The molecular formula is C5H4IN3O. The zero-order valence-corrected chi connectivity index (χ0v) is 7.07. The van der Waals surface area contributed by atoms with Gasteiger partial charge in [0.1, 0.15) is 0 Å². The summed E-state index contributed by atoms with van der Waals surface area (Å²) >= 11 is 1.97. The van der Waals surface area contributed by atoms with Gasteiger partial charge >= 0.3 is 0 Å².